The van der Waals surface area contributed by atoms with Crippen LogP contribution in [-0.4, -0.2) is 27.8 Å². The van der Waals surface area contributed by atoms with E-state index in [1.165, 1.54) is 0 Å². The standard InChI is InChI=1S/C9H13NO2.C2H6.CHFO/c1-10-7-4-5-8(11-2)9(6-7)12-3;1-2;2-1-3/h4-6,10H,1-3H3;1-2H3;1H. The van der Waals surface area contributed by atoms with Crippen molar-refractivity contribution in [3.63, 3.8) is 0 Å². The molecule has 0 heterocycles. The molecule has 0 spiro atoms. The molecule has 1 N–H and O–H groups in total. The fraction of sp³-hybridized carbons (Fsp3) is 0.417. The first-order valence-corrected chi connectivity index (χ1v) is 5.17. The van der Waals surface area contributed by atoms with E-state index in [0.29, 0.717) is 0 Å². The SMILES string of the molecule is CC.CNc1ccc(OC)c(OC)c1.O=CF. The van der Waals surface area contributed by atoms with Crippen molar-refractivity contribution in [2.45, 2.75) is 13.8 Å². The summed E-state index contributed by atoms with van der Waals surface area (Å²) < 4.78 is 19.8. The number of halogens is 1. The second-order valence-corrected chi connectivity index (χ2v) is 2.41. The molecule has 4 nitrogen and oxygen atoms in total. The van der Waals surface area contributed by atoms with Gasteiger partial charge >= 0.3 is 0 Å². The fourth-order valence-electron chi connectivity index (χ4n) is 0.992. The molecule has 0 saturated carbocycles. The number of hydrogen-bond donors (Lipinski definition) is 1. The number of carbonyl (C=O) groups excluding carboxylic acids is 1. The molecule has 0 unspecified atom stereocenters. The van der Waals surface area contributed by atoms with Gasteiger partial charge in [0.25, 0.3) is 6.54 Å². The Morgan fingerprint density at radius 1 is 1.18 bits per heavy atom. The highest BCUT2D eigenvalue weighted by Gasteiger charge is 2.02. The van der Waals surface area contributed by atoms with Gasteiger partial charge in [-0.15, -0.1) is 0 Å². The molecule has 1 aromatic carbocycles. The lowest BCUT2D eigenvalue weighted by Gasteiger charge is -2.08. The van der Waals surface area contributed by atoms with Crippen molar-refractivity contribution >= 4 is 12.2 Å². The third kappa shape index (κ3) is 7.16. The molecule has 0 amide bonds. The molecule has 0 aliphatic rings. The molecule has 98 valence electrons. The van der Waals surface area contributed by atoms with E-state index in [0.717, 1.165) is 17.2 Å². The molecule has 0 aromatic heterocycles. The summed E-state index contributed by atoms with van der Waals surface area (Å²) in [6, 6.07) is 5.69. The summed E-state index contributed by atoms with van der Waals surface area (Å²) in [5.41, 5.74) is 1.01. The summed E-state index contributed by atoms with van der Waals surface area (Å²) in [4.78, 5) is 8.14. The van der Waals surface area contributed by atoms with Crippen LogP contribution in [0, 0.1) is 0 Å². The molecule has 1 aromatic rings. The molecule has 0 aliphatic carbocycles. The van der Waals surface area contributed by atoms with E-state index in [2.05, 4.69) is 5.32 Å². The Morgan fingerprint density at radius 2 is 1.65 bits per heavy atom. The predicted octanol–water partition coefficient (Wildman–Crippen LogP) is 2.92. The van der Waals surface area contributed by atoms with E-state index in [9.17, 15) is 4.39 Å². The zero-order valence-corrected chi connectivity index (χ0v) is 10.9. The van der Waals surface area contributed by atoms with E-state index in [4.69, 9.17) is 14.3 Å². The summed E-state index contributed by atoms with van der Waals surface area (Å²) in [5.74, 6) is 1.49. The summed E-state index contributed by atoms with van der Waals surface area (Å²) >= 11 is 0. The lowest BCUT2D eigenvalue weighted by Crippen LogP contribution is -1.93. The molecule has 17 heavy (non-hydrogen) atoms. The Labute approximate surface area is 102 Å². The number of methoxy groups -OCH3 is 2. The summed E-state index contributed by atoms with van der Waals surface area (Å²) in [6.07, 6.45) is 0. The number of ether oxygens (including phenoxy) is 2. The first kappa shape index (κ1) is 17.6. The van der Waals surface area contributed by atoms with Crippen LogP contribution in [0.25, 0.3) is 0 Å². The Bertz CT molecular complexity index is 306. The van der Waals surface area contributed by atoms with E-state index in [1.54, 1.807) is 14.2 Å². The van der Waals surface area contributed by atoms with Crippen LogP contribution in [0.3, 0.4) is 0 Å². The van der Waals surface area contributed by atoms with Crippen LogP contribution in [0.15, 0.2) is 18.2 Å². The van der Waals surface area contributed by atoms with Crippen LogP contribution in [0.4, 0.5) is 10.1 Å². The van der Waals surface area contributed by atoms with Crippen molar-refractivity contribution in [3.8, 4) is 11.5 Å². The van der Waals surface area contributed by atoms with Crippen molar-refractivity contribution in [2.75, 3.05) is 26.6 Å². The molecule has 1 rings (SSSR count). The third-order valence-corrected chi connectivity index (χ3v) is 1.67. The van der Waals surface area contributed by atoms with Gasteiger partial charge in [-0.05, 0) is 12.1 Å². The van der Waals surface area contributed by atoms with Gasteiger partial charge in [-0.1, -0.05) is 13.8 Å². The average Bonchev–Trinajstić information content (AvgIpc) is 2.41. The normalized spacial score (nSPS) is 7.65. The van der Waals surface area contributed by atoms with E-state index < -0.39 is 6.54 Å². The van der Waals surface area contributed by atoms with Crippen molar-refractivity contribution in [2.24, 2.45) is 0 Å². The van der Waals surface area contributed by atoms with E-state index >= 15 is 0 Å². The lowest BCUT2D eigenvalue weighted by molar-refractivity contribution is 0.355. The Morgan fingerprint density at radius 3 is 2.00 bits per heavy atom. The second kappa shape index (κ2) is 12.3. The maximum Gasteiger partial charge on any atom is 0.289 e. The van der Waals surface area contributed by atoms with Gasteiger partial charge in [0.15, 0.2) is 11.5 Å². The molecule has 0 radical (unpaired) electrons. The number of carbonyl (C=O) groups is 1. The second-order valence-electron chi connectivity index (χ2n) is 2.41. The largest absolute Gasteiger partial charge is 0.493 e. The zero-order valence-electron chi connectivity index (χ0n) is 10.9. The molecule has 0 aliphatic heterocycles. The first-order chi connectivity index (χ1) is 8.23. The Balaban J connectivity index is 0. The highest BCUT2D eigenvalue weighted by molar-refractivity contribution is 5.54. The zero-order chi connectivity index (χ0) is 13.7. The quantitative estimate of drug-likeness (QED) is 0.657. The number of nitrogens with one attached hydrogen (secondary N) is 1. The molecular formula is C12H20FNO3. The number of anilines is 1. The smallest absolute Gasteiger partial charge is 0.289 e. The van der Waals surface area contributed by atoms with Gasteiger partial charge in [-0.2, -0.15) is 4.39 Å². The number of rotatable bonds is 3. The van der Waals surface area contributed by atoms with E-state index in [-0.39, 0.29) is 0 Å². The fourth-order valence-corrected chi connectivity index (χ4v) is 0.992. The van der Waals surface area contributed by atoms with Crippen LogP contribution in [0.2, 0.25) is 0 Å². The Kier molecular flexibility index (Phi) is 12.7. The average molecular weight is 245 g/mol. The van der Waals surface area contributed by atoms with Crippen molar-refractivity contribution in [1.29, 1.82) is 0 Å². The monoisotopic (exact) mass is 245 g/mol. The molecule has 0 bridgehead atoms. The molecule has 0 fully saturated rings. The maximum absolute atomic E-state index is 9.61. The van der Waals surface area contributed by atoms with E-state index in [1.807, 2.05) is 39.1 Å². The lowest BCUT2D eigenvalue weighted by atomic mass is 10.3. The topological polar surface area (TPSA) is 47.6 Å². The maximum atomic E-state index is 9.61. The van der Waals surface area contributed by atoms with Gasteiger partial charge < -0.3 is 14.8 Å². The molecule has 0 saturated heterocycles. The third-order valence-electron chi connectivity index (χ3n) is 1.67. The predicted molar refractivity (Wildman–Crippen MR) is 68.3 cm³/mol. The molecular weight excluding hydrogens is 225 g/mol. The number of hydrogen-bond acceptors (Lipinski definition) is 4. The highest BCUT2D eigenvalue weighted by atomic mass is 19.1. The van der Waals surface area contributed by atoms with Gasteiger partial charge in [-0.3, -0.25) is 4.79 Å². The van der Waals surface area contributed by atoms with Crippen LogP contribution >= 0.6 is 0 Å². The van der Waals surface area contributed by atoms with Gasteiger partial charge in [0.1, 0.15) is 0 Å². The van der Waals surface area contributed by atoms with Crippen LogP contribution in [0.5, 0.6) is 11.5 Å². The van der Waals surface area contributed by atoms with Gasteiger partial charge in [0.2, 0.25) is 0 Å². The summed E-state index contributed by atoms with van der Waals surface area (Å²) in [7, 11) is 5.11. The summed E-state index contributed by atoms with van der Waals surface area (Å²) in [6.45, 7) is 3.25. The van der Waals surface area contributed by atoms with Crippen LogP contribution < -0.4 is 14.8 Å². The van der Waals surface area contributed by atoms with Crippen molar-refractivity contribution < 1.29 is 18.7 Å². The number of benzene rings is 1. The van der Waals surface area contributed by atoms with Gasteiger partial charge in [0, 0.05) is 18.8 Å². The van der Waals surface area contributed by atoms with Crippen LogP contribution in [0.1, 0.15) is 13.8 Å². The van der Waals surface area contributed by atoms with Crippen molar-refractivity contribution in [3.05, 3.63) is 18.2 Å². The minimum Gasteiger partial charge on any atom is -0.493 e. The highest BCUT2D eigenvalue weighted by Crippen LogP contribution is 2.29. The summed E-state index contributed by atoms with van der Waals surface area (Å²) in [5, 5.41) is 3.02. The molecule has 0 atom stereocenters. The minimum absolute atomic E-state index is 0.740. The molecule has 5 heteroatoms. The first-order valence-electron chi connectivity index (χ1n) is 5.17. The van der Waals surface area contributed by atoms with Gasteiger partial charge in [0.05, 0.1) is 14.2 Å². The van der Waals surface area contributed by atoms with Crippen LogP contribution in [-0.2, 0) is 4.79 Å². The van der Waals surface area contributed by atoms with Crippen molar-refractivity contribution in [1.82, 2.24) is 0 Å². The Hall–Kier alpha value is -1.78. The van der Waals surface area contributed by atoms with Gasteiger partial charge in [-0.25, -0.2) is 0 Å². The minimum atomic E-state index is -0.750.